The van der Waals surface area contributed by atoms with E-state index in [-0.39, 0.29) is 46.6 Å². The van der Waals surface area contributed by atoms with Crippen molar-refractivity contribution in [2.45, 2.75) is 76.3 Å². The lowest BCUT2D eigenvalue weighted by molar-refractivity contribution is 0.0578. The van der Waals surface area contributed by atoms with Gasteiger partial charge in [0.15, 0.2) is 12.0 Å². The number of anilines is 1. The number of aliphatic hydroxyl groups excluding tert-OH is 1. The van der Waals surface area contributed by atoms with E-state index < -0.39 is 52.3 Å². The van der Waals surface area contributed by atoms with Gasteiger partial charge in [0.25, 0.3) is 0 Å². The number of ether oxygens (including phenoxy) is 1. The van der Waals surface area contributed by atoms with Crippen LogP contribution in [0.1, 0.15) is 57.6 Å². The van der Waals surface area contributed by atoms with Crippen LogP contribution in [0.15, 0.2) is 48.7 Å². The number of aromatic nitrogens is 2. The largest absolute Gasteiger partial charge is 0.429 e. The molecule has 3 aromatic rings. The number of rotatable bonds is 10. The minimum absolute atomic E-state index is 0.0596. The van der Waals surface area contributed by atoms with Crippen molar-refractivity contribution in [2.24, 2.45) is 5.41 Å². The van der Waals surface area contributed by atoms with Crippen molar-refractivity contribution in [1.29, 1.82) is 5.26 Å². The van der Waals surface area contributed by atoms with Gasteiger partial charge >= 0.3 is 6.09 Å². The number of halogens is 4. The van der Waals surface area contributed by atoms with Crippen LogP contribution in [0.4, 0.5) is 19.4 Å². The fourth-order valence-electron chi connectivity index (χ4n) is 5.88. The summed E-state index contributed by atoms with van der Waals surface area (Å²) in [6, 6.07) is 11.0. The van der Waals surface area contributed by atoms with Crippen LogP contribution in [0.3, 0.4) is 0 Å². The molecule has 44 heavy (non-hydrogen) atoms. The van der Waals surface area contributed by atoms with Crippen molar-refractivity contribution in [3.8, 4) is 6.07 Å². The van der Waals surface area contributed by atoms with Crippen LogP contribution in [0.5, 0.6) is 0 Å². The number of nitrogens with one attached hydrogen (secondary N) is 2. The lowest BCUT2D eigenvalue weighted by Gasteiger charge is -2.38. The third-order valence-electron chi connectivity index (χ3n) is 7.79. The second kappa shape index (κ2) is 13.0. The second-order valence-corrected chi connectivity index (χ2v) is 13.3. The fraction of sp³-hybridized carbons (Fsp3) is 0.452. The molecular weight excluding hydrogens is 615 g/mol. The van der Waals surface area contributed by atoms with E-state index in [1.807, 2.05) is 13.8 Å². The number of benzene rings is 2. The molecule has 4 rings (SSSR count). The summed E-state index contributed by atoms with van der Waals surface area (Å²) in [4.78, 5) is 13.2. The molecule has 1 aromatic heterocycles. The van der Waals surface area contributed by atoms with E-state index in [0.717, 1.165) is 6.07 Å². The molecule has 0 spiro atoms. The van der Waals surface area contributed by atoms with Gasteiger partial charge < -0.3 is 14.9 Å². The lowest BCUT2D eigenvalue weighted by atomic mass is 9.63. The third kappa shape index (κ3) is 7.16. The van der Waals surface area contributed by atoms with Crippen molar-refractivity contribution in [3.05, 3.63) is 81.5 Å². The zero-order valence-electron chi connectivity index (χ0n) is 24.7. The quantitative estimate of drug-likeness (QED) is 0.208. The molecule has 1 saturated heterocycles. The molecule has 1 aliphatic heterocycles. The van der Waals surface area contributed by atoms with Gasteiger partial charge in [-0.1, -0.05) is 55.2 Å². The summed E-state index contributed by atoms with van der Waals surface area (Å²) in [6.45, 7) is 7.01. The maximum Gasteiger partial charge on any atom is 0.414 e. The standard InChI is InChI=1S/C31H35Cl2F2N5O4/c1-29(2,11-13-41)15-23-31(16-36,20-9-8-18(32)14-22(20)34)25(19-6-5-7-21(33)26(19)35)27(37-23)44-28(42)38-24-10-12-40(39-24)17-30(3,4)43/h5-10,12,14,23,25,27,37,41,43H,11,13,15,17H2,1-4H3,(H,38,39,42)/t23-,25-,27+,31-/m0/s1. The Hall–Kier alpha value is -3.27. The summed E-state index contributed by atoms with van der Waals surface area (Å²) in [5, 5.41) is 40.5. The van der Waals surface area contributed by atoms with Gasteiger partial charge in [-0.05, 0) is 55.9 Å². The molecule has 1 fully saturated rings. The van der Waals surface area contributed by atoms with Crippen molar-refractivity contribution in [3.63, 3.8) is 0 Å². The molecule has 9 nitrogen and oxygen atoms in total. The molecule has 2 aromatic carbocycles. The Bertz CT molecular complexity index is 1550. The van der Waals surface area contributed by atoms with Gasteiger partial charge in [-0.2, -0.15) is 10.4 Å². The van der Waals surface area contributed by atoms with Crippen LogP contribution < -0.4 is 10.6 Å². The first-order valence-corrected chi connectivity index (χ1v) is 14.8. The number of nitrogens with zero attached hydrogens (tertiary/aromatic N) is 3. The first-order valence-electron chi connectivity index (χ1n) is 14.0. The number of carbonyl (C=O) groups is 1. The van der Waals surface area contributed by atoms with Crippen molar-refractivity contribution < 1.29 is 28.5 Å². The predicted octanol–water partition coefficient (Wildman–Crippen LogP) is 6.13. The molecule has 0 aliphatic carbocycles. The zero-order valence-corrected chi connectivity index (χ0v) is 26.3. The van der Waals surface area contributed by atoms with E-state index in [1.54, 1.807) is 20.0 Å². The maximum absolute atomic E-state index is 15.8. The van der Waals surface area contributed by atoms with Crippen LogP contribution in [0, 0.1) is 28.4 Å². The lowest BCUT2D eigenvalue weighted by Crippen LogP contribution is -2.45. The first-order chi connectivity index (χ1) is 20.6. The van der Waals surface area contributed by atoms with Crippen LogP contribution in [-0.4, -0.2) is 50.6 Å². The minimum Gasteiger partial charge on any atom is -0.429 e. The Morgan fingerprint density at radius 3 is 2.59 bits per heavy atom. The van der Waals surface area contributed by atoms with Crippen molar-refractivity contribution in [1.82, 2.24) is 15.1 Å². The molecule has 1 amide bonds. The van der Waals surface area contributed by atoms with Crippen molar-refractivity contribution in [2.75, 3.05) is 11.9 Å². The van der Waals surface area contributed by atoms with E-state index in [0.29, 0.717) is 6.42 Å². The molecule has 0 saturated carbocycles. The van der Waals surface area contributed by atoms with Gasteiger partial charge in [-0.15, -0.1) is 0 Å². The summed E-state index contributed by atoms with van der Waals surface area (Å²) in [6.07, 6.45) is -0.182. The smallest absolute Gasteiger partial charge is 0.414 e. The highest BCUT2D eigenvalue weighted by molar-refractivity contribution is 6.31. The Morgan fingerprint density at radius 1 is 1.23 bits per heavy atom. The monoisotopic (exact) mass is 649 g/mol. The number of carbonyl (C=O) groups excluding carboxylic acids is 1. The maximum atomic E-state index is 15.8. The molecule has 13 heteroatoms. The molecule has 0 unspecified atom stereocenters. The van der Waals surface area contributed by atoms with Gasteiger partial charge in [0.05, 0.1) is 29.2 Å². The van der Waals surface area contributed by atoms with Crippen LogP contribution in [0.25, 0.3) is 0 Å². The molecule has 2 heterocycles. The average molecular weight is 651 g/mol. The highest BCUT2D eigenvalue weighted by Crippen LogP contribution is 2.53. The molecule has 0 bridgehead atoms. The second-order valence-electron chi connectivity index (χ2n) is 12.4. The molecule has 236 valence electrons. The summed E-state index contributed by atoms with van der Waals surface area (Å²) < 4.78 is 38.8. The summed E-state index contributed by atoms with van der Waals surface area (Å²) >= 11 is 12.2. The molecule has 0 radical (unpaired) electrons. The first kappa shape index (κ1) is 33.6. The molecule has 4 N–H and O–H groups in total. The van der Waals surface area contributed by atoms with Gasteiger partial charge in [0.2, 0.25) is 0 Å². The summed E-state index contributed by atoms with van der Waals surface area (Å²) in [5.41, 5.74) is -3.58. The minimum atomic E-state index is -1.83. The molecule has 4 atom stereocenters. The Balaban J connectivity index is 1.82. The van der Waals surface area contributed by atoms with Gasteiger partial charge in [0.1, 0.15) is 17.0 Å². The van der Waals surface area contributed by atoms with Gasteiger partial charge in [-0.3, -0.25) is 15.3 Å². The normalized spacial score (nSPS) is 22.1. The average Bonchev–Trinajstić information content (AvgIpc) is 3.45. The molecular formula is C31H35Cl2F2N5O4. The topological polar surface area (TPSA) is 132 Å². The Labute approximate surface area is 264 Å². The Morgan fingerprint density at radius 2 is 1.95 bits per heavy atom. The molecule has 1 aliphatic rings. The summed E-state index contributed by atoms with van der Waals surface area (Å²) in [5.74, 6) is -2.79. The van der Waals surface area contributed by atoms with E-state index in [2.05, 4.69) is 21.8 Å². The summed E-state index contributed by atoms with van der Waals surface area (Å²) in [7, 11) is 0. The fourth-order valence-corrected chi connectivity index (χ4v) is 6.22. The number of aliphatic hydroxyl groups is 2. The van der Waals surface area contributed by atoms with Crippen LogP contribution >= 0.6 is 23.2 Å². The van der Waals surface area contributed by atoms with Crippen LogP contribution in [0.2, 0.25) is 10.0 Å². The highest BCUT2D eigenvalue weighted by Gasteiger charge is 2.61. The predicted molar refractivity (Wildman–Crippen MR) is 162 cm³/mol. The van der Waals surface area contributed by atoms with E-state index in [9.17, 15) is 20.3 Å². The van der Waals surface area contributed by atoms with Crippen LogP contribution in [-0.2, 0) is 16.7 Å². The van der Waals surface area contributed by atoms with E-state index in [1.165, 1.54) is 41.1 Å². The van der Waals surface area contributed by atoms with Gasteiger partial charge in [0, 0.05) is 35.5 Å². The van der Waals surface area contributed by atoms with Crippen molar-refractivity contribution >= 4 is 35.1 Å². The SMILES string of the molecule is CC(C)(O)Cn1ccc(NC(=O)O[C@H]2N[C@@H](CC(C)(C)CCO)[C@](C#N)(c3ccc(Cl)cc3F)[C@H]2c2cccc(Cl)c2F)n1. The van der Waals surface area contributed by atoms with E-state index >= 15 is 8.78 Å². The number of nitriles is 1. The number of amides is 1. The van der Waals surface area contributed by atoms with Gasteiger partial charge in [-0.25, -0.2) is 13.6 Å². The number of hydrogen-bond donors (Lipinski definition) is 4. The highest BCUT2D eigenvalue weighted by atomic mass is 35.5. The zero-order chi connectivity index (χ0) is 32.4. The number of hydrogen-bond acceptors (Lipinski definition) is 7. The van der Waals surface area contributed by atoms with E-state index in [4.69, 9.17) is 27.9 Å². The Kier molecular flexibility index (Phi) is 9.93. The third-order valence-corrected chi connectivity index (χ3v) is 8.31.